The fourth-order valence-electron chi connectivity index (χ4n) is 2.05. The zero-order valence-corrected chi connectivity index (χ0v) is 14.9. The number of amides is 2. The Kier molecular flexibility index (Phi) is 7.22. The third kappa shape index (κ3) is 5.23. The monoisotopic (exact) mass is 354 g/mol. The summed E-state index contributed by atoms with van der Waals surface area (Å²) in [4.78, 5) is 35.8. The molecule has 1 rings (SSSR count). The molecule has 132 valence electrons. The van der Waals surface area contributed by atoms with Gasteiger partial charge in [-0.15, -0.1) is 0 Å². The third-order valence-electron chi connectivity index (χ3n) is 3.86. The summed E-state index contributed by atoms with van der Waals surface area (Å²) in [7, 11) is 0. The number of benzene rings is 1. The number of hydrogen-bond acceptors (Lipinski definition) is 3. The molecule has 0 heterocycles. The van der Waals surface area contributed by atoms with Gasteiger partial charge in [0, 0.05) is 6.04 Å². The van der Waals surface area contributed by atoms with E-state index < -0.39 is 35.8 Å². The van der Waals surface area contributed by atoms with Crippen LogP contribution in [0.2, 0.25) is 5.02 Å². The molecule has 3 N–H and O–H groups in total. The van der Waals surface area contributed by atoms with E-state index in [9.17, 15) is 14.4 Å². The number of halogens is 1. The largest absolute Gasteiger partial charge is 0.481 e. The van der Waals surface area contributed by atoms with Crippen LogP contribution in [0.25, 0.3) is 0 Å². The minimum absolute atomic E-state index is 0.177. The lowest BCUT2D eigenvalue weighted by Crippen LogP contribution is -2.53. The van der Waals surface area contributed by atoms with Crippen LogP contribution in [0.5, 0.6) is 0 Å². The molecule has 6 nitrogen and oxygen atoms in total. The highest BCUT2D eigenvalue weighted by molar-refractivity contribution is 6.33. The number of carbonyl (C=O) groups is 3. The molecule has 1 aromatic rings. The maximum atomic E-state index is 12.4. The first-order chi connectivity index (χ1) is 11.1. The minimum atomic E-state index is -0.996. The lowest BCUT2D eigenvalue weighted by Gasteiger charge is -2.25. The highest BCUT2D eigenvalue weighted by Gasteiger charge is 2.28. The molecule has 0 saturated carbocycles. The van der Waals surface area contributed by atoms with Crippen LogP contribution < -0.4 is 10.6 Å². The van der Waals surface area contributed by atoms with Crippen molar-refractivity contribution in [1.29, 1.82) is 0 Å². The van der Waals surface area contributed by atoms with E-state index in [-0.39, 0.29) is 11.5 Å². The van der Waals surface area contributed by atoms with Crippen LogP contribution in [-0.4, -0.2) is 35.0 Å². The van der Waals surface area contributed by atoms with Gasteiger partial charge in [-0.1, -0.05) is 37.6 Å². The predicted octanol–water partition coefficient (Wildman–Crippen LogP) is 2.32. The molecule has 0 aromatic heterocycles. The number of carboxylic acids is 1. The Bertz CT molecular complexity index is 618. The summed E-state index contributed by atoms with van der Waals surface area (Å²) < 4.78 is 0. The van der Waals surface area contributed by atoms with Crippen molar-refractivity contribution >= 4 is 29.4 Å². The van der Waals surface area contributed by atoms with E-state index >= 15 is 0 Å². The summed E-state index contributed by atoms with van der Waals surface area (Å²) in [6.45, 7) is 6.72. The van der Waals surface area contributed by atoms with Gasteiger partial charge >= 0.3 is 5.97 Å². The molecule has 0 bridgehead atoms. The minimum Gasteiger partial charge on any atom is -0.481 e. The summed E-state index contributed by atoms with van der Waals surface area (Å²) in [5, 5.41) is 14.6. The molecule has 0 saturated heterocycles. The Morgan fingerprint density at radius 2 is 1.62 bits per heavy atom. The number of carboxylic acid groups (broad SMARTS) is 1. The van der Waals surface area contributed by atoms with E-state index in [4.69, 9.17) is 16.7 Å². The van der Waals surface area contributed by atoms with E-state index in [0.29, 0.717) is 5.02 Å². The summed E-state index contributed by atoms with van der Waals surface area (Å²) in [6, 6.07) is 5.20. The van der Waals surface area contributed by atoms with E-state index in [0.717, 1.165) is 0 Å². The van der Waals surface area contributed by atoms with Crippen LogP contribution in [0.1, 0.15) is 38.1 Å². The summed E-state index contributed by atoms with van der Waals surface area (Å²) in [5.41, 5.74) is 0.282. The Hall–Kier alpha value is -2.08. The molecule has 0 aliphatic carbocycles. The van der Waals surface area contributed by atoms with Gasteiger partial charge in [0.15, 0.2) is 0 Å². The molecule has 3 unspecified atom stereocenters. The van der Waals surface area contributed by atoms with Crippen LogP contribution in [0.4, 0.5) is 0 Å². The standard InChI is InChI=1S/C17H23ClN2O4/c1-9(2)14(16(22)19-11(4)10(3)17(23)24)20-15(21)12-7-5-6-8-13(12)18/h5-11,14H,1-4H3,(H,19,22)(H,20,21)(H,23,24). The molecular weight excluding hydrogens is 332 g/mol. The maximum Gasteiger partial charge on any atom is 0.308 e. The molecule has 24 heavy (non-hydrogen) atoms. The van der Waals surface area contributed by atoms with Crippen molar-refractivity contribution in [2.45, 2.75) is 39.8 Å². The van der Waals surface area contributed by atoms with Gasteiger partial charge in [0.2, 0.25) is 5.91 Å². The lowest BCUT2D eigenvalue weighted by molar-refractivity contribution is -0.142. The van der Waals surface area contributed by atoms with Gasteiger partial charge < -0.3 is 15.7 Å². The molecule has 0 aliphatic rings. The molecule has 0 radical (unpaired) electrons. The Morgan fingerprint density at radius 3 is 2.12 bits per heavy atom. The second-order valence-corrected chi connectivity index (χ2v) is 6.51. The fourth-order valence-corrected chi connectivity index (χ4v) is 2.27. The van der Waals surface area contributed by atoms with Gasteiger partial charge in [-0.25, -0.2) is 0 Å². The highest BCUT2D eigenvalue weighted by atomic mass is 35.5. The normalized spacial score (nSPS) is 14.6. The van der Waals surface area contributed by atoms with Gasteiger partial charge in [-0.3, -0.25) is 14.4 Å². The summed E-state index contributed by atoms with van der Waals surface area (Å²) >= 11 is 6.00. The van der Waals surface area contributed by atoms with Crippen molar-refractivity contribution < 1.29 is 19.5 Å². The van der Waals surface area contributed by atoms with Crippen molar-refractivity contribution in [3.05, 3.63) is 34.9 Å². The average Bonchev–Trinajstić information content (AvgIpc) is 2.51. The van der Waals surface area contributed by atoms with Crippen molar-refractivity contribution in [1.82, 2.24) is 10.6 Å². The second kappa shape index (κ2) is 8.68. The van der Waals surface area contributed by atoms with Crippen molar-refractivity contribution in [3.63, 3.8) is 0 Å². The number of carbonyl (C=O) groups excluding carboxylic acids is 2. The molecule has 0 aliphatic heterocycles. The first-order valence-corrected chi connectivity index (χ1v) is 8.11. The number of nitrogens with one attached hydrogen (secondary N) is 2. The molecule has 1 aromatic carbocycles. The van der Waals surface area contributed by atoms with Gasteiger partial charge in [0.05, 0.1) is 16.5 Å². The fraction of sp³-hybridized carbons (Fsp3) is 0.471. The zero-order chi connectivity index (χ0) is 18.4. The Balaban J connectivity index is 2.84. The number of rotatable bonds is 7. The third-order valence-corrected chi connectivity index (χ3v) is 4.19. The Labute approximate surface area is 146 Å². The van der Waals surface area contributed by atoms with Crippen LogP contribution in [0, 0.1) is 11.8 Å². The summed E-state index contributed by atoms with van der Waals surface area (Å²) in [5.74, 6) is -2.78. The summed E-state index contributed by atoms with van der Waals surface area (Å²) in [6.07, 6.45) is 0. The number of hydrogen-bond donors (Lipinski definition) is 3. The van der Waals surface area contributed by atoms with Crippen LogP contribution in [0.15, 0.2) is 24.3 Å². The van der Waals surface area contributed by atoms with Gasteiger partial charge in [-0.2, -0.15) is 0 Å². The highest BCUT2D eigenvalue weighted by Crippen LogP contribution is 2.15. The van der Waals surface area contributed by atoms with Gasteiger partial charge in [0.1, 0.15) is 6.04 Å². The average molecular weight is 355 g/mol. The topological polar surface area (TPSA) is 95.5 Å². The van der Waals surface area contributed by atoms with Crippen molar-refractivity contribution in [3.8, 4) is 0 Å². The first-order valence-electron chi connectivity index (χ1n) is 7.73. The zero-order valence-electron chi connectivity index (χ0n) is 14.2. The lowest BCUT2D eigenvalue weighted by atomic mass is 10.00. The maximum absolute atomic E-state index is 12.4. The van der Waals surface area contributed by atoms with Crippen LogP contribution >= 0.6 is 11.6 Å². The molecule has 7 heteroatoms. The SMILES string of the molecule is CC(C)C(NC(=O)c1ccccc1Cl)C(=O)NC(C)C(C)C(=O)O. The van der Waals surface area contributed by atoms with E-state index in [1.807, 2.05) is 0 Å². The van der Waals surface area contributed by atoms with Gasteiger partial charge in [-0.05, 0) is 31.9 Å². The Morgan fingerprint density at radius 1 is 1.04 bits per heavy atom. The van der Waals surface area contributed by atoms with Crippen molar-refractivity contribution in [2.75, 3.05) is 0 Å². The van der Waals surface area contributed by atoms with E-state index in [2.05, 4.69) is 10.6 Å². The first kappa shape index (κ1) is 20.0. The predicted molar refractivity (Wildman–Crippen MR) is 91.9 cm³/mol. The second-order valence-electron chi connectivity index (χ2n) is 6.10. The van der Waals surface area contributed by atoms with Crippen LogP contribution in [-0.2, 0) is 9.59 Å². The number of aliphatic carboxylic acids is 1. The van der Waals surface area contributed by atoms with Crippen molar-refractivity contribution in [2.24, 2.45) is 11.8 Å². The molecule has 3 atom stereocenters. The molecule has 0 spiro atoms. The van der Waals surface area contributed by atoms with E-state index in [1.54, 1.807) is 45.0 Å². The van der Waals surface area contributed by atoms with E-state index in [1.165, 1.54) is 6.92 Å². The quantitative estimate of drug-likeness (QED) is 0.700. The van der Waals surface area contributed by atoms with Crippen LogP contribution in [0.3, 0.4) is 0 Å². The molecule has 0 fully saturated rings. The molecule has 2 amide bonds. The van der Waals surface area contributed by atoms with Gasteiger partial charge in [0.25, 0.3) is 5.91 Å². The molecular formula is C17H23ClN2O4. The smallest absolute Gasteiger partial charge is 0.308 e.